The Bertz CT molecular complexity index is 822. The van der Waals surface area contributed by atoms with Crippen LogP contribution in [0, 0.1) is 6.92 Å². The van der Waals surface area contributed by atoms with Crippen LogP contribution in [0.5, 0.6) is 0 Å². The molecule has 0 heterocycles. The molecule has 0 aromatic heterocycles. The normalized spacial score (nSPS) is 11.9. The van der Waals surface area contributed by atoms with Crippen LogP contribution in [-0.2, 0) is 21.0 Å². The van der Waals surface area contributed by atoms with Gasteiger partial charge in [-0.25, -0.2) is 0 Å². The van der Waals surface area contributed by atoms with E-state index in [2.05, 4.69) is 69.0 Å². The first-order valence-corrected chi connectivity index (χ1v) is 17.9. The van der Waals surface area contributed by atoms with Crippen molar-refractivity contribution in [2.24, 2.45) is 0 Å². The van der Waals surface area contributed by atoms with Crippen molar-refractivity contribution in [3.05, 3.63) is 64.7 Å². The van der Waals surface area contributed by atoms with E-state index in [4.69, 9.17) is 9.26 Å². The Kier molecular flexibility index (Phi) is 11.5. The first-order chi connectivity index (χ1) is 14.8. The Morgan fingerprint density at radius 3 is 2.52 bits per heavy atom. The second kappa shape index (κ2) is 13.6. The number of carbonyl (C=O) groups is 1. The number of hydrogen-bond acceptors (Lipinski definition) is 3. The van der Waals surface area contributed by atoms with E-state index >= 15 is 0 Å². The van der Waals surface area contributed by atoms with E-state index in [1.165, 1.54) is 16.4 Å². The number of hydrogen-bond donors (Lipinski definition) is 0. The van der Waals surface area contributed by atoms with Crippen molar-refractivity contribution in [3.63, 3.8) is 0 Å². The summed E-state index contributed by atoms with van der Waals surface area (Å²) >= 11 is 0.291. The van der Waals surface area contributed by atoms with Gasteiger partial charge in [-0.05, 0) is 0 Å². The van der Waals surface area contributed by atoms with Gasteiger partial charge in [-0.2, -0.15) is 0 Å². The Hall–Kier alpha value is -0.964. The molecule has 0 saturated carbocycles. The van der Waals surface area contributed by atoms with Gasteiger partial charge in [-0.3, -0.25) is 0 Å². The summed E-state index contributed by atoms with van der Waals surface area (Å²) in [5, 5.41) is 0.912. The molecule has 0 aliphatic heterocycles. The molecule has 3 nitrogen and oxygen atoms in total. The maximum absolute atomic E-state index is 13.0. The predicted molar refractivity (Wildman–Crippen MR) is 138 cm³/mol. The van der Waals surface area contributed by atoms with Gasteiger partial charge < -0.3 is 0 Å². The molecule has 0 N–H and O–H groups in total. The van der Waals surface area contributed by atoms with Crippen LogP contribution in [0.15, 0.2) is 42.5 Å². The van der Waals surface area contributed by atoms with E-state index < -0.39 is 8.07 Å². The van der Waals surface area contributed by atoms with Crippen molar-refractivity contribution in [2.45, 2.75) is 57.2 Å². The molecule has 0 spiro atoms. The molecule has 0 saturated heterocycles. The summed E-state index contributed by atoms with van der Waals surface area (Å²) in [6.45, 7) is 9.51. The van der Waals surface area contributed by atoms with Crippen molar-refractivity contribution in [1.82, 2.24) is 0 Å². The van der Waals surface area contributed by atoms with Gasteiger partial charge in [0.1, 0.15) is 0 Å². The summed E-state index contributed by atoms with van der Waals surface area (Å²) < 4.78 is 12.3. The Balaban J connectivity index is 2.15. The fraction of sp³-hybridized carbons (Fsp3) is 0.480. The number of benzene rings is 2. The van der Waals surface area contributed by atoms with Gasteiger partial charge >= 0.3 is 198 Å². The van der Waals surface area contributed by atoms with Gasteiger partial charge in [-0.15, -0.1) is 0 Å². The van der Waals surface area contributed by atoms with E-state index in [-0.39, 0.29) is 5.97 Å². The fourth-order valence-electron chi connectivity index (χ4n) is 3.32. The topological polar surface area (TPSA) is 35.5 Å². The minimum absolute atomic E-state index is 0.151. The number of ether oxygens (including phenoxy) is 1. The molecule has 170 valence electrons. The second-order valence-corrected chi connectivity index (χ2v) is 18.1. The van der Waals surface area contributed by atoms with Crippen LogP contribution in [-0.4, -0.2) is 48.9 Å². The summed E-state index contributed by atoms with van der Waals surface area (Å²) in [4.78, 5) is 13.0. The average molecular weight is 524 g/mol. The Labute approximate surface area is 197 Å². The standard InChI is InChI=1S/C25H37O3PSeSi/c1-20-17-21(11-9-10-15-29-27-2)18-22(19-30-23-12-7-6-8-13-23)24(20)25(26)28-14-16-31(3,4)5/h6-8,12-13,17-18,29H,9-11,14-16,19H2,1-5H3. The molecular formula is C25H37O3PSeSi. The molecule has 0 aliphatic rings. The van der Waals surface area contributed by atoms with E-state index in [1.807, 2.05) is 0 Å². The van der Waals surface area contributed by atoms with Crippen molar-refractivity contribution in [2.75, 3.05) is 19.9 Å². The number of aryl methyl sites for hydroxylation is 2. The van der Waals surface area contributed by atoms with Crippen LogP contribution in [0.2, 0.25) is 25.7 Å². The molecule has 0 bridgehead atoms. The van der Waals surface area contributed by atoms with Gasteiger partial charge in [0.25, 0.3) is 0 Å². The minimum atomic E-state index is -1.23. The first-order valence-electron chi connectivity index (χ1n) is 11.0. The van der Waals surface area contributed by atoms with E-state index in [9.17, 15) is 4.79 Å². The van der Waals surface area contributed by atoms with Crippen LogP contribution in [0.3, 0.4) is 0 Å². The second-order valence-electron chi connectivity index (χ2n) is 9.05. The predicted octanol–water partition coefficient (Wildman–Crippen LogP) is 5.58. The van der Waals surface area contributed by atoms with Gasteiger partial charge in [0.05, 0.1) is 0 Å². The summed E-state index contributed by atoms with van der Waals surface area (Å²) in [6, 6.07) is 16.0. The fourth-order valence-corrected chi connectivity index (χ4v) is 6.52. The molecule has 2 aromatic carbocycles. The summed E-state index contributed by atoms with van der Waals surface area (Å²) in [7, 11) is 1.14. The monoisotopic (exact) mass is 524 g/mol. The molecule has 2 aromatic rings. The van der Waals surface area contributed by atoms with Crippen LogP contribution in [0.25, 0.3) is 0 Å². The molecule has 2 rings (SSSR count). The van der Waals surface area contributed by atoms with Gasteiger partial charge in [0.15, 0.2) is 0 Å². The van der Waals surface area contributed by atoms with E-state index in [1.54, 1.807) is 7.11 Å². The summed E-state index contributed by atoms with van der Waals surface area (Å²) in [5.41, 5.74) is 4.32. The average Bonchev–Trinajstić information content (AvgIpc) is 2.71. The number of rotatable bonds is 13. The van der Waals surface area contributed by atoms with Crippen molar-refractivity contribution >= 4 is 42.3 Å². The molecule has 0 aliphatic carbocycles. The molecule has 0 fully saturated rings. The van der Waals surface area contributed by atoms with Crippen molar-refractivity contribution < 1.29 is 14.1 Å². The molecule has 0 amide bonds. The SMILES string of the molecule is COPCCCCc1cc(C)c(C(=O)OCC[Si](C)(C)C)c(C[Se]c2ccccc2)c1. The molecule has 0 radical (unpaired) electrons. The summed E-state index contributed by atoms with van der Waals surface area (Å²) in [6.07, 6.45) is 4.50. The summed E-state index contributed by atoms with van der Waals surface area (Å²) in [5.74, 6) is -0.151. The molecule has 31 heavy (non-hydrogen) atoms. The molecule has 6 heteroatoms. The third kappa shape index (κ3) is 10.0. The van der Waals surface area contributed by atoms with Gasteiger partial charge in [-0.1, -0.05) is 0 Å². The maximum atomic E-state index is 13.0. The van der Waals surface area contributed by atoms with Crippen LogP contribution >= 0.6 is 8.81 Å². The molecule has 1 unspecified atom stereocenters. The Morgan fingerprint density at radius 1 is 1.10 bits per heavy atom. The van der Waals surface area contributed by atoms with Gasteiger partial charge in [0, 0.05) is 0 Å². The van der Waals surface area contributed by atoms with E-state index in [0.29, 0.717) is 30.4 Å². The third-order valence-corrected chi connectivity index (χ3v) is 9.82. The van der Waals surface area contributed by atoms with Crippen LogP contribution in [0.4, 0.5) is 0 Å². The Morgan fingerprint density at radius 2 is 1.84 bits per heavy atom. The van der Waals surface area contributed by atoms with Gasteiger partial charge in [0.2, 0.25) is 0 Å². The zero-order chi connectivity index (χ0) is 22.7. The third-order valence-electron chi connectivity index (χ3n) is 5.04. The van der Waals surface area contributed by atoms with Crippen LogP contribution in [0.1, 0.15) is 39.9 Å². The number of carbonyl (C=O) groups excluding carboxylic acids is 1. The first kappa shape index (κ1) is 26.3. The number of esters is 1. The molecule has 1 atom stereocenters. The van der Waals surface area contributed by atoms with Crippen molar-refractivity contribution in [1.29, 1.82) is 0 Å². The van der Waals surface area contributed by atoms with Crippen molar-refractivity contribution in [3.8, 4) is 0 Å². The quantitative estimate of drug-likeness (QED) is 0.149. The van der Waals surface area contributed by atoms with Crippen LogP contribution < -0.4 is 4.46 Å². The van der Waals surface area contributed by atoms with E-state index in [0.717, 1.165) is 47.1 Å². The zero-order valence-corrected chi connectivity index (χ0v) is 23.3. The zero-order valence-electron chi connectivity index (χ0n) is 19.6. The molecular weight excluding hydrogens is 486 g/mol. The number of unbranched alkanes of at least 4 members (excludes halogenated alkanes) is 1.